The van der Waals surface area contributed by atoms with Crippen LogP contribution in [0.4, 0.5) is 5.69 Å². The van der Waals surface area contributed by atoms with E-state index >= 15 is 0 Å². The summed E-state index contributed by atoms with van der Waals surface area (Å²) in [5, 5.41) is 10.9. The molecule has 0 saturated heterocycles. The van der Waals surface area contributed by atoms with Gasteiger partial charge in [0.1, 0.15) is 0 Å². The first-order valence-corrected chi connectivity index (χ1v) is 5.84. The van der Waals surface area contributed by atoms with Crippen molar-refractivity contribution in [3.8, 4) is 11.1 Å². The zero-order valence-corrected chi connectivity index (χ0v) is 10.7. The van der Waals surface area contributed by atoms with Crippen molar-refractivity contribution in [3.63, 3.8) is 0 Å². The molecule has 0 unspecified atom stereocenters. The molecule has 2 rings (SSSR count). The zero-order chi connectivity index (χ0) is 14.0. The van der Waals surface area contributed by atoms with Crippen molar-refractivity contribution in [1.29, 1.82) is 0 Å². The third-order valence-electron chi connectivity index (χ3n) is 3.05. The van der Waals surface area contributed by atoms with Gasteiger partial charge in [-0.3, -0.25) is 14.9 Å². The molecule has 0 aliphatic rings. The van der Waals surface area contributed by atoms with Crippen LogP contribution in [0, 0.1) is 24.0 Å². The van der Waals surface area contributed by atoms with Gasteiger partial charge in [-0.1, -0.05) is 29.8 Å². The molecule has 0 aromatic heterocycles. The van der Waals surface area contributed by atoms with Crippen LogP contribution < -0.4 is 0 Å². The summed E-state index contributed by atoms with van der Waals surface area (Å²) in [5.74, 6) is 0. The van der Waals surface area contributed by atoms with Gasteiger partial charge in [-0.25, -0.2) is 0 Å². The molecule has 0 radical (unpaired) electrons. The van der Waals surface area contributed by atoms with Crippen LogP contribution in [0.15, 0.2) is 36.4 Å². The molecule has 0 aliphatic heterocycles. The van der Waals surface area contributed by atoms with E-state index in [2.05, 4.69) is 0 Å². The fourth-order valence-corrected chi connectivity index (χ4v) is 2.11. The van der Waals surface area contributed by atoms with Crippen LogP contribution in [0.5, 0.6) is 0 Å². The molecule has 0 spiro atoms. The number of nitro groups is 1. The van der Waals surface area contributed by atoms with E-state index in [4.69, 9.17) is 0 Å². The predicted molar refractivity (Wildman–Crippen MR) is 73.4 cm³/mol. The molecule has 0 heterocycles. The van der Waals surface area contributed by atoms with Crippen molar-refractivity contribution in [2.75, 3.05) is 0 Å². The van der Waals surface area contributed by atoms with E-state index in [9.17, 15) is 14.9 Å². The summed E-state index contributed by atoms with van der Waals surface area (Å²) < 4.78 is 0. The molecule has 0 saturated carbocycles. The molecule has 0 atom stereocenters. The zero-order valence-electron chi connectivity index (χ0n) is 10.7. The minimum absolute atomic E-state index is 0.0958. The Morgan fingerprint density at radius 2 is 1.84 bits per heavy atom. The molecule has 0 aliphatic carbocycles. The van der Waals surface area contributed by atoms with Gasteiger partial charge in [0.05, 0.1) is 10.5 Å². The first-order valence-electron chi connectivity index (χ1n) is 5.84. The van der Waals surface area contributed by atoms with Crippen molar-refractivity contribution < 1.29 is 9.72 Å². The van der Waals surface area contributed by atoms with Crippen LogP contribution in [0.3, 0.4) is 0 Å². The maximum absolute atomic E-state index is 10.9. The van der Waals surface area contributed by atoms with Gasteiger partial charge in [0.2, 0.25) is 0 Å². The van der Waals surface area contributed by atoms with Crippen LogP contribution in [0.25, 0.3) is 11.1 Å². The number of benzene rings is 2. The Morgan fingerprint density at radius 1 is 1.11 bits per heavy atom. The molecule has 0 fully saturated rings. The smallest absolute Gasteiger partial charge is 0.280 e. The fraction of sp³-hybridized carbons (Fsp3) is 0.133. The third-order valence-corrected chi connectivity index (χ3v) is 3.05. The molecule has 2 aromatic carbocycles. The summed E-state index contributed by atoms with van der Waals surface area (Å²) in [6.07, 6.45) is 0.504. The van der Waals surface area contributed by atoms with Gasteiger partial charge in [0.25, 0.3) is 5.69 Å². The van der Waals surface area contributed by atoms with E-state index < -0.39 is 4.92 Å². The summed E-state index contributed by atoms with van der Waals surface area (Å²) in [6, 6.07) is 10.6. The van der Waals surface area contributed by atoms with E-state index in [1.165, 1.54) is 12.1 Å². The normalized spacial score (nSPS) is 10.2. The number of rotatable bonds is 3. The quantitative estimate of drug-likeness (QED) is 0.477. The van der Waals surface area contributed by atoms with Crippen molar-refractivity contribution in [3.05, 3.63) is 63.2 Å². The summed E-state index contributed by atoms with van der Waals surface area (Å²) in [5.41, 5.74) is 3.81. The lowest BCUT2D eigenvalue weighted by atomic mass is 9.97. The average Bonchev–Trinajstić information content (AvgIpc) is 2.38. The molecular weight excluding hydrogens is 242 g/mol. The maximum atomic E-state index is 10.9. The second-order valence-corrected chi connectivity index (χ2v) is 4.47. The highest BCUT2D eigenvalue weighted by Gasteiger charge is 2.15. The number of nitro benzene ring substituents is 1. The number of aldehydes is 1. The van der Waals surface area contributed by atoms with Crippen LogP contribution in [-0.2, 0) is 0 Å². The lowest BCUT2D eigenvalue weighted by Gasteiger charge is -2.07. The SMILES string of the molecule is Cc1ccc(-c2ccc(C=O)c([N+](=O)[O-])c2)c(C)c1. The largest absolute Gasteiger partial charge is 0.298 e. The van der Waals surface area contributed by atoms with Crippen LogP contribution in [-0.4, -0.2) is 11.2 Å². The summed E-state index contributed by atoms with van der Waals surface area (Å²) in [6.45, 7) is 3.95. The number of carbonyl (C=O) groups excluding carboxylic acids is 1. The van der Waals surface area contributed by atoms with E-state index in [-0.39, 0.29) is 11.3 Å². The minimum atomic E-state index is -0.531. The Balaban J connectivity index is 2.60. The summed E-state index contributed by atoms with van der Waals surface area (Å²) in [4.78, 5) is 21.2. The highest BCUT2D eigenvalue weighted by atomic mass is 16.6. The van der Waals surface area contributed by atoms with Crippen molar-refractivity contribution in [2.24, 2.45) is 0 Å². The monoisotopic (exact) mass is 255 g/mol. The van der Waals surface area contributed by atoms with Gasteiger partial charge >= 0.3 is 0 Å². The number of nitrogens with zero attached hydrogens (tertiary/aromatic N) is 1. The molecule has 0 amide bonds. The van der Waals surface area contributed by atoms with Gasteiger partial charge in [-0.05, 0) is 36.6 Å². The van der Waals surface area contributed by atoms with Crippen LogP contribution in [0.2, 0.25) is 0 Å². The van der Waals surface area contributed by atoms with Gasteiger partial charge in [0.15, 0.2) is 6.29 Å². The van der Waals surface area contributed by atoms with Gasteiger partial charge in [-0.2, -0.15) is 0 Å². The van der Waals surface area contributed by atoms with Crippen LogP contribution >= 0.6 is 0 Å². The number of hydrogen-bond donors (Lipinski definition) is 0. The number of carbonyl (C=O) groups is 1. The van der Waals surface area contributed by atoms with Gasteiger partial charge in [-0.15, -0.1) is 0 Å². The van der Waals surface area contributed by atoms with Crippen molar-refractivity contribution >= 4 is 12.0 Å². The Kier molecular flexibility index (Phi) is 3.42. The van der Waals surface area contributed by atoms with Crippen molar-refractivity contribution in [1.82, 2.24) is 0 Å². The Labute approximate surface area is 110 Å². The Bertz CT molecular complexity index is 662. The first-order chi connectivity index (χ1) is 9.02. The highest BCUT2D eigenvalue weighted by Crippen LogP contribution is 2.29. The molecule has 0 N–H and O–H groups in total. The van der Waals surface area contributed by atoms with E-state index in [1.807, 2.05) is 32.0 Å². The minimum Gasteiger partial charge on any atom is -0.298 e. The van der Waals surface area contributed by atoms with E-state index in [1.54, 1.807) is 6.07 Å². The second kappa shape index (κ2) is 5.02. The maximum Gasteiger partial charge on any atom is 0.280 e. The lowest BCUT2D eigenvalue weighted by molar-refractivity contribution is -0.385. The highest BCUT2D eigenvalue weighted by molar-refractivity contribution is 5.84. The topological polar surface area (TPSA) is 60.2 Å². The predicted octanol–water partition coefficient (Wildman–Crippen LogP) is 3.69. The lowest BCUT2D eigenvalue weighted by Crippen LogP contribution is -1.95. The second-order valence-electron chi connectivity index (χ2n) is 4.47. The van der Waals surface area contributed by atoms with E-state index in [0.717, 1.165) is 22.3 Å². The Hall–Kier alpha value is -2.49. The summed E-state index contributed by atoms with van der Waals surface area (Å²) in [7, 11) is 0. The van der Waals surface area contributed by atoms with E-state index in [0.29, 0.717) is 6.29 Å². The molecular formula is C15H13NO3. The molecule has 96 valence electrons. The number of hydrogen-bond acceptors (Lipinski definition) is 3. The molecule has 0 bridgehead atoms. The standard InChI is InChI=1S/C15H13NO3/c1-10-3-6-14(11(2)7-10)12-4-5-13(9-17)15(8-12)16(18)19/h3-9H,1-2H3. The fourth-order valence-electron chi connectivity index (χ4n) is 2.11. The van der Waals surface area contributed by atoms with Crippen LogP contribution in [0.1, 0.15) is 21.5 Å². The average molecular weight is 255 g/mol. The summed E-state index contributed by atoms with van der Waals surface area (Å²) >= 11 is 0. The molecule has 2 aromatic rings. The Morgan fingerprint density at radius 3 is 2.42 bits per heavy atom. The number of aryl methyl sites for hydroxylation is 2. The van der Waals surface area contributed by atoms with Gasteiger partial charge in [0, 0.05) is 6.07 Å². The van der Waals surface area contributed by atoms with Crippen molar-refractivity contribution in [2.45, 2.75) is 13.8 Å². The first kappa shape index (κ1) is 13.0. The molecule has 4 heteroatoms. The van der Waals surface area contributed by atoms with Gasteiger partial charge < -0.3 is 0 Å². The molecule has 19 heavy (non-hydrogen) atoms. The molecule has 4 nitrogen and oxygen atoms in total. The third kappa shape index (κ3) is 2.52.